The zero-order valence-electron chi connectivity index (χ0n) is 11.5. The average molecular weight is 316 g/mol. The molecular weight excluding hydrogens is 301 g/mol. The van der Waals surface area contributed by atoms with Crippen LogP contribution in [0.1, 0.15) is 25.7 Å². The Morgan fingerprint density at radius 2 is 1.64 bits per heavy atom. The predicted molar refractivity (Wildman–Crippen MR) is 71.4 cm³/mol. The van der Waals surface area contributed by atoms with Gasteiger partial charge in [0.25, 0.3) is 0 Å². The van der Waals surface area contributed by atoms with Gasteiger partial charge in [-0.3, -0.25) is 9.59 Å². The van der Waals surface area contributed by atoms with E-state index in [2.05, 4.69) is 5.32 Å². The van der Waals surface area contributed by atoms with Crippen molar-refractivity contribution in [2.45, 2.75) is 37.8 Å². The Bertz CT molecular complexity index is 572. The van der Waals surface area contributed by atoms with Gasteiger partial charge in [-0.2, -0.15) is 0 Å². The van der Waals surface area contributed by atoms with E-state index in [9.17, 15) is 27.9 Å². The van der Waals surface area contributed by atoms with Crippen molar-refractivity contribution in [3.63, 3.8) is 0 Å². The van der Waals surface area contributed by atoms with Crippen LogP contribution in [0.5, 0.6) is 0 Å². The third-order valence-corrected chi connectivity index (χ3v) is 3.50. The maximum atomic E-state index is 13.4. The molecule has 1 aliphatic rings. The van der Waals surface area contributed by atoms with Gasteiger partial charge in [0.15, 0.2) is 11.6 Å². The Balaban J connectivity index is 2.01. The average Bonchev–Trinajstić information content (AvgIpc) is 2.45. The SMILES string of the molecule is O=C(Nc1c(F)cc(F)cc1F)C(=O)NC1CCCCC1O. The third kappa shape index (κ3) is 3.76. The summed E-state index contributed by atoms with van der Waals surface area (Å²) in [5.41, 5.74) is -0.897. The molecule has 1 aromatic carbocycles. The van der Waals surface area contributed by atoms with Crippen LogP contribution in [-0.4, -0.2) is 29.1 Å². The third-order valence-electron chi connectivity index (χ3n) is 3.50. The van der Waals surface area contributed by atoms with Crippen molar-refractivity contribution in [3.8, 4) is 0 Å². The van der Waals surface area contributed by atoms with E-state index in [1.54, 1.807) is 5.32 Å². The quantitative estimate of drug-likeness (QED) is 0.723. The van der Waals surface area contributed by atoms with Gasteiger partial charge in [0.2, 0.25) is 0 Å². The molecule has 120 valence electrons. The summed E-state index contributed by atoms with van der Waals surface area (Å²) < 4.78 is 39.5. The largest absolute Gasteiger partial charge is 0.391 e. The van der Waals surface area contributed by atoms with Crippen LogP contribution in [0.25, 0.3) is 0 Å². The standard InChI is InChI=1S/C14H15F3N2O3/c15-7-5-8(16)12(9(17)6-7)19-14(22)13(21)18-10-3-1-2-4-11(10)20/h5-6,10-11,20H,1-4H2,(H,18,21)(H,19,22). The minimum absolute atomic E-state index is 0.390. The highest BCUT2D eigenvalue weighted by atomic mass is 19.1. The molecule has 0 heterocycles. The van der Waals surface area contributed by atoms with Gasteiger partial charge in [-0.05, 0) is 12.8 Å². The first-order chi connectivity index (χ1) is 10.4. The molecule has 3 N–H and O–H groups in total. The lowest BCUT2D eigenvalue weighted by Gasteiger charge is -2.27. The summed E-state index contributed by atoms with van der Waals surface area (Å²) >= 11 is 0. The first-order valence-electron chi connectivity index (χ1n) is 6.83. The number of aliphatic hydroxyl groups excluding tert-OH is 1. The van der Waals surface area contributed by atoms with Crippen LogP contribution in [0.4, 0.5) is 18.9 Å². The molecule has 1 saturated carbocycles. The lowest BCUT2D eigenvalue weighted by Crippen LogP contribution is -2.48. The normalized spacial score (nSPS) is 21.3. The molecule has 22 heavy (non-hydrogen) atoms. The Kier molecular flexibility index (Phi) is 5.02. The molecule has 2 unspecified atom stereocenters. The van der Waals surface area contributed by atoms with Gasteiger partial charge in [-0.1, -0.05) is 12.8 Å². The fourth-order valence-corrected chi connectivity index (χ4v) is 2.35. The number of aliphatic hydroxyl groups is 1. The second-order valence-electron chi connectivity index (χ2n) is 5.13. The number of amides is 2. The van der Waals surface area contributed by atoms with Crippen LogP contribution in [0.15, 0.2) is 12.1 Å². The molecular formula is C14H15F3N2O3. The van der Waals surface area contributed by atoms with Crippen molar-refractivity contribution in [2.75, 3.05) is 5.32 Å². The second kappa shape index (κ2) is 6.78. The lowest BCUT2D eigenvalue weighted by atomic mass is 9.92. The van der Waals surface area contributed by atoms with Crippen LogP contribution in [0.3, 0.4) is 0 Å². The zero-order chi connectivity index (χ0) is 16.3. The molecule has 2 amide bonds. The van der Waals surface area contributed by atoms with Crippen LogP contribution in [0, 0.1) is 17.5 Å². The summed E-state index contributed by atoms with van der Waals surface area (Å²) in [7, 11) is 0. The van der Waals surface area contributed by atoms with E-state index in [1.807, 2.05) is 0 Å². The lowest BCUT2D eigenvalue weighted by molar-refractivity contribution is -0.137. The highest BCUT2D eigenvalue weighted by molar-refractivity contribution is 6.39. The first kappa shape index (κ1) is 16.3. The number of carbonyl (C=O) groups is 2. The number of benzene rings is 1. The number of anilines is 1. The second-order valence-corrected chi connectivity index (χ2v) is 5.13. The Morgan fingerprint density at radius 3 is 2.23 bits per heavy atom. The molecule has 0 spiro atoms. The van der Waals surface area contributed by atoms with Crippen molar-refractivity contribution < 1.29 is 27.9 Å². The molecule has 0 saturated heterocycles. The first-order valence-corrected chi connectivity index (χ1v) is 6.83. The van der Waals surface area contributed by atoms with Gasteiger partial charge in [-0.25, -0.2) is 13.2 Å². The van der Waals surface area contributed by atoms with Gasteiger partial charge in [-0.15, -0.1) is 0 Å². The molecule has 8 heteroatoms. The van der Waals surface area contributed by atoms with E-state index in [0.29, 0.717) is 25.0 Å². The molecule has 2 rings (SSSR count). The van der Waals surface area contributed by atoms with Crippen molar-refractivity contribution in [3.05, 3.63) is 29.6 Å². The summed E-state index contributed by atoms with van der Waals surface area (Å²) in [6.45, 7) is 0. The summed E-state index contributed by atoms with van der Waals surface area (Å²) in [5, 5.41) is 13.8. The van der Waals surface area contributed by atoms with Crippen molar-refractivity contribution in [1.29, 1.82) is 0 Å². The number of hydrogen-bond donors (Lipinski definition) is 3. The molecule has 1 aromatic rings. The fraction of sp³-hybridized carbons (Fsp3) is 0.429. The van der Waals surface area contributed by atoms with Gasteiger partial charge in [0, 0.05) is 12.1 Å². The van der Waals surface area contributed by atoms with E-state index in [-0.39, 0.29) is 0 Å². The predicted octanol–water partition coefficient (Wildman–Crippen LogP) is 1.46. The maximum Gasteiger partial charge on any atom is 0.313 e. The summed E-state index contributed by atoms with van der Waals surface area (Å²) in [4.78, 5) is 23.3. The Morgan fingerprint density at radius 1 is 1.05 bits per heavy atom. The van der Waals surface area contributed by atoms with E-state index in [0.717, 1.165) is 12.8 Å². The van der Waals surface area contributed by atoms with Crippen LogP contribution in [-0.2, 0) is 9.59 Å². The smallest absolute Gasteiger partial charge is 0.313 e. The molecule has 1 fully saturated rings. The zero-order valence-corrected chi connectivity index (χ0v) is 11.5. The molecule has 0 radical (unpaired) electrons. The highest BCUT2D eigenvalue weighted by Gasteiger charge is 2.27. The summed E-state index contributed by atoms with van der Waals surface area (Å²) in [5.74, 6) is -6.19. The van der Waals surface area contributed by atoms with E-state index in [1.165, 1.54) is 0 Å². The Labute approximate surface area is 124 Å². The van der Waals surface area contributed by atoms with Gasteiger partial charge in [0.1, 0.15) is 11.5 Å². The van der Waals surface area contributed by atoms with Crippen LogP contribution < -0.4 is 10.6 Å². The van der Waals surface area contributed by atoms with E-state index >= 15 is 0 Å². The van der Waals surface area contributed by atoms with E-state index in [4.69, 9.17) is 0 Å². The van der Waals surface area contributed by atoms with Crippen LogP contribution in [0.2, 0.25) is 0 Å². The van der Waals surface area contributed by atoms with Crippen molar-refractivity contribution >= 4 is 17.5 Å². The number of halogens is 3. The fourth-order valence-electron chi connectivity index (χ4n) is 2.35. The van der Waals surface area contributed by atoms with Crippen molar-refractivity contribution in [1.82, 2.24) is 5.32 Å². The molecule has 1 aliphatic carbocycles. The number of nitrogens with one attached hydrogen (secondary N) is 2. The monoisotopic (exact) mass is 316 g/mol. The maximum absolute atomic E-state index is 13.4. The highest BCUT2D eigenvalue weighted by Crippen LogP contribution is 2.21. The molecule has 2 atom stereocenters. The van der Waals surface area contributed by atoms with Crippen LogP contribution >= 0.6 is 0 Å². The topological polar surface area (TPSA) is 78.4 Å². The number of hydrogen-bond acceptors (Lipinski definition) is 3. The molecule has 0 aromatic heterocycles. The molecule has 5 nitrogen and oxygen atoms in total. The minimum atomic E-state index is -1.32. The number of carbonyl (C=O) groups excluding carboxylic acids is 2. The number of rotatable bonds is 2. The van der Waals surface area contributed by atoms with Gasteiger partial charge >= 0.3 is 11.8 Å². The molecule has 0 bridgehead atoms. The van der Waals surface area contributed by atoms with Gasteiger partial charge in [0.05, 0.1) is 12.1 Å². The Hall–Kier alpha value is -2.09. The van der Waals surface area contributed by atoms with Crippen molar-refractivity contribution in [2.24, 2.45) is 0 Å². The summed E-state index contributed by atoms with van der Waals surface area (Å²) in [6, 6.07) is 0.207. The molecule has 0 aliphatic heterocycles. The van der Waals surface area contributed by atoms with E-state index < -0.39 is 47.1 Å². The minimum Gasteiger partial charge on any atom is -0.391 e. The summed E-state index contributed by atoms with van der Waals surface area (Å²) in [6.07, 6.45) is 1.88. The van der Waals surface area contributed by atoms with Gasteiger partial charge < -0.3 is 15.7 Å².